The van der Waals surface area contributed by atoms with Crippen molar-refractivity contribution in [1.82, 2.24) is 10.3 Å². The molecular formula is C12H16N2O2. The Kier molecular flexibility index (Phi) is 3.64. The van der Waals surface area contributed by atoms with Gasteiger partial charge in [-0.2, -0.15) is 0 Å². The molecule has 1 aliphatic heterocycles. The first-order chi connectivity index (χ1) is 7.83. The summed E-state index contributed by atoms with van der Waals surface area (Å²) in [5.41, 5.74) is 1.53. The number of hydrogen-bond acceptors (Lipinski definition) is 4. The molecule has 0 aromatic carbocycles. The Hall–Kier alpha value is -1.26. The molecule has 0 radical (unpaired) electrons. The molecule has 0 saturated carbocycles. The van der Waals surface area contributed by atoms with Crippen LogP contribution in [0.15, 0.2) is 18.3 Å². The number of nitrogens with one attached hydrogen (secondary N) is 1. The van der Waals surface area contributed by atoms with Crippen LogP contribution in [0.4, 0.5) is 0 Å². The van der Waals surface area contributed by atoms with Gasteiger partial charge in [0.2, 0.25) is 0 Å². The van der Waals surface area contributed by atoms with Crippen LogP contribution < -0.4 is 5.32 Å². The van der Waals surface area contributed by atoms with Crippen molar-refractivity contribution in [3.8, 4) is 0 Å². The van der Waals surface area contributed by atoms with Crippen molar-refractivity contribution in [3.05, 3.63) is 29.6 Å². The van der Waals surface area contributed by atoms with Crippen LogP contribution in [-0.2, 0) is 4.74 Å². The van der Waals surface area contributed by atoms with Gasteiger partial charge in [-0.1, -0.05) is 13.0 Å². The zero-order valence-electron chi connectivity index (χ0n) is 9.40. The number of ether oxygens (including phenoxy) is 1. The van der Waals surface area contributed by atoms with Crippen LogP contribution in [0.25, 0.3) is 0 Å². The van der Waals surface area contributed by atoms with E-state index in [1.165, 1.54) is 0 Å². The van der Waals surface area contributed by atoms with E-state index >= 15 is 0 Å². The topological polar surface area (TPSA) is 51.2 Å². The third kappa shape index (κ3) is 2.28. The van der Waals surface area contributed by atoms with Gasteiger partial charge in [0.1, 0.15) is 5.69 Å². The highest BCUT2D eigenvalue weighted by Crippen LogP contribution is 2.19. The predicted molar refractivity (Wildman–Crippen MR) is 60.4 cm³/mol. The molecule has 2 rings (SSSR count). The summed E-state index contributed by atoms with van der Waals surface area (Å²) >= 11 is 0. The fourth-order valence-corrected chi connectivity index (χ4v) is 1.86. The van der Waals surface area contributed by atoms with Crippen LogP contribution in [0.5, 0.6) is 0 Å². The SMILES string of the molecule is CCC(=O)c1ncccc1C1COCCN1. The number of hydrogen-bond donors (Lipinski definition) is 1. The van der Waals surface area contributed by atoms with Crippen LogP contribution in [0.3, 0.4) is 0 Å². The Bertz CT molecular complexity index is 373. The predicted octanol–water partition coefficient (Wildman–Crippen LogP) is 1.34. The third-order valence-electron chi connectivity index (χ3n) is 2.72. The summed E-state index contributed by atoms with van der Waals surface area (Å²) in [6.45, 7) is 4.01. The van der Waals surface area contributed by atoms with Crippen molar-refractivity contribution in [2.24, 2.45) is 0 Å². The van der Waals surface area contributed by atoms with E-state index in [9.17, 15) is 4.79 Å². The van der Waals surface area contributed by atoms with E-state index in [2.05, 4.69) is 10.3 Å². The lowest BCUT2D eigenvalue weighted by molar-refractivity contribution is 0.0760. The van der Waals surface area contributed by atoms with Crippen LogP contribution >= 0.6 is 0 Å². The van der Waals surface area contributed by atoms with Crippen LogP contribution in [-0.4, -0.2) is 30.5 Å². The van der Waals surface area contributed by atoms with E-state index in [4.69, 9.17) is 4.74 Å². The number of ketones is 1. The normalized spacial score (nSPS) is 20.7. The molecule has 1 aromatic rings. The highest BCUT2D eigenvalue weighted by atomic mass is 16.5. The maximum atomic E-state index is 11.7. The molecule has 1 unspecified atom stereocenters. The highest BCUT2D eigenvalue weighted by molar-refractivity contribution is 5.95. The molecule has 1 atom stereocenters. The van der Waals surface area contributed by atoms with Gasteiger partial charge in [-0.3, -0.25) is 9.78 Å². The van der Waals surface area contributed by atoms with Gasteiger partial charge in [0.25, 0.3) is 0 Å². The van der Waals surface area contributed by atoms with Gasteiger partial charge in [-0.25, -0.2) is 0 Å². The van der Waals surface area contributed by atoms with E-state index in [-0.39, 0.29) is 11.8 Å². The van der Waals surface area contributed by atoms with E-state index < -0.39 is 0 Å². The number of rotatable bonds is 3. The van der Waals surface area contributed by atoms with Crippen LogP contribution in [0.2, 0.25) is 0 Å². The van der Waals surface area contributed by atoms with Gasteiger partial charge in [0.05, 0.1) is 19.3 Å². The molecule has 16 heavy (non-hydrogen) atoms. The first kappa shape index (κ1) is 11.2. The summed E-state index contributed by atoms with van der Waals surface area (Å²) in [4.78, 5) is 15.9. The standard InChI is InChI=1S/C12H16N2O2/c1-2-11(15)12-9(4-3-5-14-12)10-8-16-7-6-13-10/h3-5,10,13H,2,6-8H2,1H3. The maximum Gasteiger partial charge on any atom is 0.181 e. The molecule has 0 spiro atoms. The van der Waals surface area contributed by atoms with Gasteiger partial charge in [0, 0.05) is 24.7 Å². The van der Waals surface area contributed by atoms with Gasteiger partial charge in [0.15, 0.2) is 5.78 Å². The molecule has 0 amide bonds. The number of aromatic nitrogens is 1. The summed E-state index contributed by atoms with van der Waals surface area (Å²) in [6.07, 6.45) is 2.15. The van der Waals surface area contributed by atoms with Crippen molar-refractivity contribution in [2.75, 3.05) is 19.8 Å². The Morgan fingerprint density at radius 2 is 2.56 bits per heavy atom. The average Bonchev–Trinajstić information content (AvgIpc) is 2.39. The molecule has 1 saturated heterocycles. The van der Waals surface area contributed by atoms with Crippen LogP contribution in [0, 0.1) is 0 Å². The zero-order chi connectivity index (χ0) is 11.4. The van der Waals surface area contributed by atoms with Crippen molar-refractivity contribution in [1.29, 1.82) is 0 Å². The summed E-state index contributed by atoms with van der Waals surface area (Å²) in [6, 6.07) is 3.90. The molecule has 1 N–H and O–H groups in total. The number of carbonyl (C=O) groups is 1. The minimum atomic E-state index is 0.0861. The van der Waals surface area contributed by atoms with Crippen molar-refractivity contribution >= 4 is 5.78 Å². The first-order valence-corrected chi connectivity index (χ1v) is 5.62. The fourth-order valence-electron chi connectivity index (χ4n) is 1.86. The number of carbonyl (C=O) groups excluding carboxylic acids is 1. The molecule has 0 aliphatic carbocycles. The molecule has 2 heterocycles. The quantitative estimate of drug-likeness (QED) is 0.781. The van der Waals surface area contributed by atoms with Gasteiger partial charge < -0.3 is 10.1 Å². The molecule has 86 valence electrons. The van der Waals surface area contributed by atoms with Gasteiger partial charge in [-0.05, 0) is 6.07 Å². The molecule has 4 nitrogen and oxygen atoms in total. The Morgan fingerprint density at radius 3 is 3.25 bits per heavy atom. The summed E-state index contributed by atoms with van der Waals surface area (Å²) in [5, 5.41) is 3.34. The monoisotopic (exact) mass is 220 g/mol. The van der Waals surface area contributed by atoms with Crippen molar-refractivity contribution in [2.45, 2.75) is 19.4 Å². The van der Waals surface area contributed by atoms with Gasteiger partial charge in [-0.15, -0.1) is 0 Å². The van der Waals surface area contributed by atoms with E-state index in [1.54, 1.807) is 6.20 Å². The third-order valence-corrected chi connectivity index (χ3v) is 2.72. The molecule has 1 aromatic heterocycles. The molecule has 0 bridgehead atoms. The van der Waals surface area contributed by atoms with E-state index in [1.807, 2.05) is 19.1 Å². The number of Topliss-reactive ketones (excluding diaryl/α,β-unsaturated/α-hetero) is 1. The smallest absolute Gasteiger partial charge is 0.181 e. The Labute approximate surface area is 95.0 Å². The van der Waals surface area contributed by atoms with Crippen LogP contribution in [0.1, 0.15) is 35.4 Å². The number of pyridine rings is 1. The second-order valence-corrected chi connectivity index (χ2v) is 3.80. The zero-order valence-corrected chi connectivity index (χ0v) is 9.40. The minimum absolute atomic E-state index is 0.0861. The highest BCUT2D eigenvalue weighted by Gasteiger charge is 2.21. The molecule has 4 heteroatoms. The summed E-state index contributed by atoms with van der Waals surface area (Å²) in [5.74, 6) is 0.0861. The molecule has 1 aliphatic rings. The summed E-state index contributed by atoms with van der Waals surface area (Å²) in [7, 11) is 0. The second kappa shape index (κ2) is 5.18. The van der Waals surface area contributed by atoms with E-state index in [0.29, 0.717) is 18.7 Å². The Morgan fingerprint density at radius 1 is 1.69 bits per heavy atom. The largest absolute Gasteiger partial charge is 0.378 e. The molecule has 1 fully saturated rings. The van der Waals surface area contributed by atoms with E-state index in [0.717, 1.165) is 18.7 Å². The lowest BCUT2D eigenvalue weighted by atomic mass is 10.0. The average molecular weight is 220 g/mol. The number of nitrogens with zero attached hydrogens (tertiary/aromatic N) is 1. The number of morpholine rings is 1. The molecular weight excluding hydrogens is 204 g/mol. The lowest BCUT2D eigenvalue weighted by Crippen LogP contribution is -2.35. The van der Waals surface area contributed by atoms with Gasteiger partial charge >= 0.3 is 0 Å². The lowest BCUT2D eigenvalue weighted by Gasteiger charge is -2.25. The van der Waals surface area contributed by atoms with Crippen molar-refractivity contribution < 1.29 is 9.53 Å². The van der Waals surface area contributed by atoms with Crippen molar-refractivity contribution in [3.63, 3.8) is 0 Å². The minimum Gasteiger partial charge on any atom is -0.378 e. The fraction of sp³-hybridized carbons (Fsp3) is 0.500. The summed E-state index contributed by atoms with van der Waals surface area (Å²) < 4.78 is 5.40. The Balaban J connectivity index is 2.28. The first-order valence-electron chi connectivity index (χ1n) is 5.62. The second-order valence-electron chi connectivity index (χ2n) is 3.80. The maximum absolute atomic E-state index is 11.7.